The standard InChI is InChI=1S/C30H28N2O5/c1-5-37-25-15-19(10-11-24(25)36-4)27-26(28(33)22-16-31-23-9-7-6-8-21(22)23)29(34)30(35)32(27)20-13-17(2)12-18(3)14-20/h6-16,27,31,33H,5H2,1-4H3/b28-26-. The van der Waals surface area contributed by atoms with Crippen molar-refractivity contribution in [1.29, 1.82) is 0 Å². The average molecular weight is 497 g/mol. The molecular formula is C30H28N2O5. The zero-order chi connectivity index (χ0) is 26.3. The molecule has 7 heteroatoms. The van der Waals surface area contributed by atoms with Gasteiger partial charge >= 0.3 is 0 Å². The molecule has 2 heterocycles. The highest BCUT2D eigenvalue weighted by molar-refractivity contribution is 6.51. The second-order valence-corrected chi connectivity index (χ2v) is 9.11. The van der Waals surface area contributed by atoms with Crippen molar-refractivity contribution in [2.45, 2.75) is 26.8 Å². The fraction of sp³-hybridized carbons (Fsp3) is 0.200. The summed E-state index contributed by atoms with van der Waals surface area (Å²) < 4.78 is 11.2. The van der Waals surface area contributed by atoms with Gasteiger partial charge in [0.25, 0.3) is 11.7 Å². The highest BCUT2D eigenvalue weighted by atomic mass is 16.5. The molecule has 1 aliphatic rings. The number of aromatic nitrogens is 1. The number of H-pyrrole nitrogens is 1. The zero-order valence-electron chi connectivity index (χ0n) is 21.2. The molecule has 1 saturated heterocycles. The lowest BCUT2D eigenvalue weighted by atomic mass is 9.94. The number of nitrogens with zero attached hydrogens (tertiary/aromatic N) is 1. The van der Waals surface area contributed by atoms with Crippen molar-refractivity contribution in [2.75, 3.05) is 18.6 Å². The van der Waals surface area contributed by atoms with E-state index in [1.54, 1.807) is 31.5 Å². The highest BCUT2D eigenvalue weighted by Crippen LogP contribution is 2.45. The van der Waals surface area contributed by atoms with E-state index in [4.69, 9.17) is 9.47 Å². The lowest BCUT2D eigenvalue weighted by molar-refractivity contribution is -0.132. The van der Waals surface area contributed by atoms with E-state index in [9.17, 15) is 14.7 Å². The van der Waals surface area contributed by atoms with Crippen LogP contribution in [0.2, 0.25) is 0 Å². The number of hydrogen-bond acceptors (Lipinski definition) is 5. The number of methoxy groups -OCH3 is 1. The van der Waals surface area contributed by atoms with E-state index >= 15 is 0 Å². The number of carbonyl (C=O) groups excluding carboxylic acids is 2. The largest absolute Gasteiger partial charge is 0.507 e. The van der Waals surface area contributed by atoms with E-state index in [2.05, 4.69) is 4.98 Å². The summed E-state index contributed by atoms with van der Waals surface area (Å²) in [6.45, 7) is 6.15. The molecule has 4 aromatic rings. The molecule has 1 aromatic heterocycles. The van der Waals surface area contributed by atoms with Crippen LogP contribution in [0.15, 0.2) is 72.4 Å². The van der Waals surface area contributed by atoms with Crippen molar-refractivity contribution in [3.05, 3.63) is 94.7 Å². The third kappa shape index (κ3) is 4.12. The number of aliphatic hydroxyl groups is 1. The number of amides is 1. The van der Waals surface area contributed by atoms with Crippen LogP contribution in [-0.4, -0.2) is 35.5 Å². The maximum Gasteiger partial charge on any atom is 0.300 e. The van der Waals surface area contributed by atoms with Crippen LogP contribution in [0.25, 0.3) is 16.7 Å². The van der Waals surface area contributed by atoms with Gasteiger partial charge in [-0.2, -0.15) is 0 Å². The smallest absolute Gasteiger partial charge is 0.300 e. The Bertz CT molecular complexity index is 1550. The summed E-state index contributed by atoms with van der Waals surface area (Å²) in [4.78, 5) is 31.7. The summed E-state index contributed by atoms with van der Waals surface area (Å²) in [5.74, 6) is -0.668. The molecular weight excluding hydrogens is 468 g/mol. The summed E-state index contributed by atoms with van der Waals surface area (Å²) in [6.07, 6.45) is 1.65. The minimum atomic E-state index is -0.875. The lowest BCUT2D eigenvalue weighted by Crippen LogP contribution is -2.29. The van der Waals surface area contributed by atoms with E-state index in [1.165, 1.54) is 4.90 Å². The predicted molar refractivity (Wildman–Crippen MR) is 143 cm³/mol. The third-order valence-electron chi connectivity index (χ3n) is 6.58. The Morgan fingerprint density at radius 2 is 1.73 bits per heavy atom. The first-order valence-electron chi connectivity index (χ1n) is 12.1. The lowest BCUT2D eigenvalue weighted by Gasteiger charge is -2.26. The van der Waals surface area contributed by atoms with Gasteiger partial charge in [0, 0.05) is 28.4 Å². The number of para-hydroxylation sites is 1. The number of fused-ring (bicyclic) bond motifs is 1. The zero-order valence-corrected chi connectivity index (χ0v) is 21.2. The van der Waals surface area contributed by atoms with E-state index in [0.717, 1.165) is 22.0 Å². The molecule has 2 N–H and O–H groups in total. The second-order valence-electron chi connectivity index (χ2n) is 9.11. The number of ketones is 1. The van der Waals surface area contributed by atoms with Crippen LogP contribution in [0, 0.1) is 13.8 Å². The number of aryl methyl sites for hydroxylation is 2. The molecule has 0 bridgehead atoms. The normalized spacial score (nSPS) is 17.0. The molecule has 1 fully saturated rings. The molecule has 37 heavy (non-hydrogen) atoms. The molecule has 1 amide bonds. The van der Waals surface area contributed by atoms with Crippen LogP contribution in [0.5, 0.6) is 11.5 Å². The molecule has 1 unspecified atom stereocenters. The van der Waals surface area contributed by atoms with E-state index < -0.39 is 17.7 Å². The van der Waals surface area contributed by atoms with Crippen LogP contribution in [0.4, 0.5) is 5.69 Å². The Labute approximate surface area is 214 Å². The number of aliphatic hydroxyl groups excluding tert-OH is 1. The maximum atomic E-state index is 13.6. The molecule has 0 spiro atoms. The van der Waals surface area contributed by atoms with Crippen molar-refractivity contribution in [2.24, 2.45) is 0 Å². The Balaban J connectivity index is 1.78. The van der Waals surface area contributed by atoms with Crippen LogP contribution in [-0.2, 0) is 9.59 Å². The van der Waals surface area contributed by atoms with Gasteiger partial charge in [0.05, 0.1) is 25.3 Å². The van der Waals surface area contributed by atoms with Gasteiger partial charge in [-0.25, -0.2) is 0 Å². The van der Waals surface area contributed by atoms with Crippen molar-refractivity contribution in [3.8, 4) is 11.5 Å². The van der Waals surface area contributed by atoms with Gasteiger partial charge in [-0.1, -0.05) is 30.3 Å². The van der Waals surface area contributed by atoms with Gasteiger partial charge < -0.3 is 19.6 Å². The summed E-state index contributed by atoms with van der Waals surface area (Å²) in [5, 5.41) is 12.3. The predicted octanol–water partition coefficient (Wildman–Crippen LogP) is 5.82. The average Bonchev–Trinajstić information content (AvgIpc) is 3.42. The fourth-order valence-electron chi connectivity index (χ4n) is 5.05. The molecule has 5 rings (SSSR count). The van der Waals surface area contributed by atoms with Crippen molar-refractivity contribution < 1.29 is 24.2 Å². The first-order chi connectivity index (χ1) is 17.8. The van der Waals surface area contributed by atoms with Crippen LogP contribution < -0.4 is 14.4 Å². The summed E-state index contributed by atoms with van der Waals surface area (Å²) >= 11 is 0. The molecule has 1 aliphatic heterocycles. The van der Waals surface area contributed by atoms with Gasteiger partial charge in [-0.05, 0) is 67.8 Å². The number of hydrogen-bond donors (Lipinski definition) is 2. The van der Waals surface area contributed by atoms with Gasteiger partial charge in [0.15, 0.2) is 11.5 Å². The van der Waals surface area contributed by atoms with E-state index in [0.29, 0.717) is 34.9 Å². The number of ether oxygens (including phenoxy) is 2. The Hall–Kier alpha value is -4.52. The number of aromatic amines is 1. The Kier molecular flexibility index (Phi) is 6.21. The minimum Gasteiger partial charge on any atom is -0.507 e. The molecule has 3 aromatic carbocycles. The molecule has 0 saturated carbocycles. The number of nitrogens with one attached hydrogen (secondary N) is 1. The molecule has 0 radical (unpaired) electrons. The Morgan fingerprint density at radius 1 is 1.00 bits per heavy atom. The molecule has 188 valence electrons. The topological polar surface area (TPSA) is 91.9 Å². The number of anilines is 1. The molecule has 7 nitrogen and oxygen atoms in total. The second kappa shape index (κ2) is 9.50. The quantitative estimate of drug-likeness (QED) is 0.199. The van der Waals surface area contributed by atoms with Crippen LogP contribution in [0.3, 0.4) is 0 Å². The van der Waals surface area contributed by atoms with Gasteiger partial charge in [0.1, 0.15) is 5.76 Å². The number of rotatable bonds is 6. The first-order valence-corrected chi connectivity index (χ1v) is 12.1. The van der Waals surface area contributed by atoms with Crippen LogP contribution in [0.1, 0.15) is 35.2 Å². The number of carbonyl (C=O) groups is 2. The van der Waals surface area contributed by atoms with Gasteiger partial charge in [-0.15, -0.1) is 0 Å². The molecule has 0 aliphatic carbocycles. The summed E-state index contributed by atoms with van der Waals surface area (Å²) in [5.41, 5.74) is 4.39. The number of benzene rings is 3. The molecule has 1 atom stereocenters. The van der Waals surface area contributed by atoms with E-state index in [1.807, 2.05) is 63.2 Å². The van der Waals surface area contributed by atoms with Gasteiger partial charge in [0.2, 0.25) is 0 Å². The maximum absolute atomic E-state index is 13.6. The van der Waals surface area contributed by atoms with Crippen LogP contribution >= 0.6 is 0 Å². The fourth-order valence-corrected chi connectivity index (χ4v) is 5.05. The summed E-state index contributed by atoms with van der Waals surface area (Å²) in [6, 6.07) is 17.6. The monoisotopic (exact) mass is 496 g/mol. The SMILES string of the molecule is CCOc1cc(C2/C(=C(/O)c3c[nH]c4ccccc34)C(=O)C(=O)N2c2cc(C)cc(C)c2)ccc1OC. The Morgan fingerprint density at radius 3 is 2.43 bits per heavy atom. The van der Waals surface area contributed by atoms with Crippen molar-refractivity contribution in [1.82, 2.24) is 4.98 Å². The third-order valence-corrected chi connectivity index (χ3v) is 6.58. The summed E-state index contributed by atoms with van der Waals surface area (Å²) in [7, 11) is 1.55. The number of Topliss-reactive ketones (excluding diaryl/α,β-unsaturated/α-hetero) is 1. The minimum absolute atomic E-state index is 0.0153. The van der Waals surface area contributed by atoms with Gasteiger partial charge in [-0.3, -0.25) is 14.5 Å². The van der Waals surface area contributed by atoms with Crippen molar-refractivity contribution in [3.63, 3.8) is 0 Å². The van der Waals surface area contributed by atoms with E-state index in [-0.39, 0.29) is 11.3 Å². The highest BCUT2D eigenvalue weighted by Gasteiger charge is 2.47. The first kappa shape index (κ1) is 24.2. The van der Waals surface area contributed by atoms with Crippen molar-refractivity contribution >= 4 is 34.0 Å².